The first kappa shape index (κ1) is 18.9. The van der Waals surface area contributed by atoms with Gasteiger partial charge in [-0.25, -0.2) is 0 Å². The van der Waals surface area contributed by atoms with Crippen LogP contribution in [0.15, 0.2) is 12.1 Å². The zero-order valence-electron chi connectivity index (χ0n) is 13.7. The summed E-state index contributed by atoms with van der Waals surface area (Å²) in [6, 6.07) is 2.43. The predicted molar refractivity (Wildman–Crippen MR) is 88.7 cm³/mol. The molecule has 1 heterocycles. The van der Waals surface area contributed by atoms with Crippen LogP contribution in [0.2, 0.25) is 13.3 Å². The van der Waals surface area contributed by atoms with Gasteiger partial charge in [0, 0.05) is 0 Å². The van der Waals surface area contributed by atoms with Gasteiger partial charge in [0.1, 0.15) is 0 Å². The van der Waals surface area contributed by atoms with Gasteiger partial charge in [-0.2, -0.15) is 0 Å². The van der Waals surface area contributed by atoms with Crippen molar-refractivity contribution in [2.24, 2.45) is 0 Å². The molecule has 0 radical (unpaired) electrons. The second-order valence-electron chi connectivity index (χ2n) is 6.06. The van der Waals surface area contributed by atoms with E-state index in [9.17, 15) is 8.78 Å². The maximum absolute atomic E-state index is 14.4. The minimum absolute atomic E-state index is 0.254. The van der Waals surface area contributed by atoms with Crippen LogP contribution in [0.1, 0.15) is 59.3 Å². The van der Waals surface area contributed by atoms with Crippen LogP contribution in [0.25, 0.3) is 0 Å². The fraction of sp³-hybridized carbons (Fsp3) is 0.706. The Morgan fingerprint density at radius 1 is 0.857 bits per heavy atom. The number of hydrogen-bond acceptors (Lipinski definition) is 1. The molecule has 0 spiro atoms. The molecule has 1 aromatic rings. The molecule has 1 nitrogen and oxygen atoms in total. The van der Waals surface area contributed by atoms with Crippen LogP contribution in [0.3, 0.4) is 0 Å². The van der Waals surface area contributed by atoms with E-state index in [2.05, 4.69) is 25.8 Å². The van der Waals surface area contributed by atoms with E-state index < -0.39 is 24.3 Å². The summed E-state index contributed by atoms with van der Waals surface area (Å²) in [5.41, 5.74) is 0. The number of nitrogens with zero attached hydrogens (tertiary/aromatic N) is 1. The SMILES string of the molecule is CCC[CH2][Sn]([CH2]CCC)([CH2]CCC)[c]1nc(F)ccc1F. The van der Waals surface area contributed by atoms with Crippen molar-refractivity contribution in [3.63, 3.8) is 0 Å². The number of aromatic nitrogens is 1. The monoisotopic (exact) mass is 405 g/mol. The van der Waals surface area contributed by atoms with Crippen LogP contribution in [0, 0.1) is 11.8 Å². The Morgan fingerprint density at radius 2 is 1.33 bits per heavy atom. The third-order valence-corrected chi connectivity index (χ3v) is 19.4. The first-order valence-electron chi connectivity index (χ1n) is 8.42. The summed E-state index contributed by atoms with van der Waals surface area (Å²) in [7, 11) is 0. The van der Waals surface area contributed by atoms with Crippen molar-refractivity contribution in [1.82, 2.24) is 4.98 Å². The Labute approximate surface area is 132 Å². The fourth-order valence-corrected chi connectivity index (χ4v) is 18.7. The van der Waals surface area contributed by atoms with Crippen molar-refractivity contribution < 1.29 is 8.78 Å². The van der Waals surface area contributed by atoms with E-state index in [1.165, 1.54) is 6.07 Å². The normalized spacial score (nSPS) is 11.9. The van der Waals surface area contributed by atoms with Crippen LogP contribution in [-0.2, 0) is 0 Å². The Balaban J connectivity index is 3.19. The Kier molecular flexibility index (Phi) is 8.76. The van der Waals surface area contributed by atoms with Gasteiger partial charge < -0.3 is 0 Å². The third kappa shape index (κ3) is 5.50. The second-order valence-corrected chi connectivity index (χ2v) is 19.0. The third-order valence-electron chi connectivity index (χ3n) is 4.34. The summed E-state index contributed by atoms with van der Waals surface area (Å²) >= 11 is -2.93. The van der Waals surface area contributed by atoms with Crippen molar-refractivity contribution >= 4 is 22.1 Å². The summed E-state index contributed by atoms with van der Waals surface area (Å²) in [5, 5.41) is 0. The van der Waals surface area contributed by atoms with Crippen LogP contribution >= 0.6 is 0 Å². The summed E-state index contributed by atoms with van der Waals surface area (Å²) in [4.78, 5) is 4.06. The van der Waals surface area contributed by atoms with Crippen molar-refractivity contribution in [2.45, 2.75) is 72.6 Å². The molecule has 0 fully saturated rings. The average Bonchev–Trinajstić information content (AvgIpc) is 2.49. The fourth-order valence-electron chi connectivity index (χ4n) is 3.07. The molecule has 1 aromatic heterocycles. The van der Waals surface area contributed by atoms with Gasteiger partial charge in [0.15, 0.2) is 0 Å². The minimum atomic E-state index is -2.93. The summed E-state index contributed by atoms with van der Waals surface area (Å²) in [5.74, 6) is -0.771. The molecule has 120 valence electrons. The van der Waals surface area contributed by atoms with E-state index in [0.717, 1.165) is 57.9 Å². The van der Waals surface area contributed by atoms with Gasteiger partial charge in [-0.1, -0.05) is 0 Å². The van der Waals surface area contributed by atoms with Gasteiger partial charge in [0.2, 0.25) is 0 Å². The van der Waals surface area contributed by atoms with Crippen LogP contribution < -0.4 is 3.71 Å². The van der Waals surface area contributed by atoms with E-state index >= 15 is 0 Å². The van der Waals surface area contributed by atoms with Gasteiger partial charge in [-0.15, -0.1) is 0 Å². The molecule has 0 saturated carbocycles. The van der Waals surface area contributed by atoms with Crippen molar-refractivity contribution in [3.8, 4) is 0 Å². The summed E-state index contributed by atoms with van der Waals surface area (Å²) < 4.78 is 31.9. The Morgan fingerprint density at radius 3 is 1.76 bits per heavy atom. The number of unbranched alkanes of at least 4 members (excludes halogenated alkanes) is 3. The van der Waals surface area contributed by atoms with Gasteiger partial charge in [0.25, 0.3) is 0 Å². The van der Waals surface area contributed by atoms with E-state index in [0.29, 0.717) is 3.71 Å². The zero-order chi connectivity index (χ0) is 15.7. The summed E-state index contributed by atoms with van der Waals surface area (Å²) in [6.07, 6.45) is 6.74. The topological polar surface area (TPSA) is 12.9 Å². The van der Waals surface area contributed by atoms with Gasteiger partial charge in [0.05, 0.1) is 0 Å². The first-order valence-corrected chi connectivity index (χ1v) is 15.9. The maximum atomic E-state index is 14.4. The van der Waals surface area contributed by atoms with Crippen molar-refractivity contribution in [2.75, 3.05) is 0 Å². The standard InChI is InChI=1S/C5H2F2N.3C4H9.Sn/c6-4-1-2-5(7)8-3-4;3*1-3-4-2;/h1-2H;3*1,3-4H2,2H3;. The molecular formula is C17H29F2NSn. The molecule has 0 atom stereocenters. The first-order chi connectivity index (χ1) is 10.1. The van der Waals surface area contributed by atoms with E-state index in [-0.39, 0.29) is 5.82 Å². The molecule has 4 heteroatoms. The summed E-state index contributed by atoms with van der Waals surface area (Å²) in [6.45, 7) is 6.52. The molecule has 21 heavy (non-hydrogen) atoms. The molecule has 0 unspecified atom stereocenters. The molecule has 0 aliphatic carbocycles. The second kappa shape index (κ2) is 9.75. The zero-order valence-corrected chi connectivity index (χ0v) is 16.6. The number of pyridine rings is 1. The van der Waals surface area contributed by atoms with Crippen LogP contribution in [0.4, 0.5) is 8.78 Å². The van der Waals surface area contributed by atoms with Crippen LogP contribution in [0.5, 0.6) is 0 Å². The van der Waals surface area contributed by atoms with Gasteiger partial charge in [-0.3, -0.25) is 0 Å². The van der Waals surface area contributed by atoms with Gasteiger partial charge >= 0.3 is 132 Å². The van der Waals surface area contributed by atoms with Crippen LogP contribution in [-0.4, -0.2) is 23.4 Å². The number of hydrogen-bond donors (Lipinski definition) is 0. The molecule has 1 rings (SSSR count). The molecule has 0 aliphatic rings. The average molecular weight is 404 g/mol. The van der Waals surface area contributed by atoms with Gasteiger partial charge in [-0.05, 0) is 0 Å². The predicted octanol–water partition coefficient (Wildman–Crippen LogP) is 5.42. The molecule has 0 amide bonds. The molecule has 0 aliphatic heterocycles. The van der Waals surface area contributed by atoms with E-state index in [1.807, 2.05) is 0 Å². The van der Waals surface area contributed by atoms with E-state index in [4.69, 9.17) is 0 Å². The molecule has 0 saturated heterocycles. The number of halogens is 2. The molecule has 0 aromatic carbocycles. The van der Waals surface area contributed by atoms with E-state index in [1.54, 1.807) is 0 Å². The molecule has 0 N–H and O–H groups in total. The molecule has 0 bridgehead atoms. The molecular weight excluding hydrogens is 375 g/mol. The van der Waals surface area contributed by atoms with Crippen molar-refractivity contribution in [3.05, 3.63) is 23.9 Å². The quantitative estimate of drug-likeness (QED) is 0.375. The van der Waals surface area contributed by atoms with Crippen molar-refractivity contribution in [1.29, 1.82) is 0 Å². The Hall–Kier alpha value is -0.191. The Bertz CT molecular complexity index is 401. The number of rotatable bonds is 10.